The average molecular weight is 333 g/mol. The minimum Gasteiger partial charge on any atom is -0.309 e. The number of hydrogen-bond donors (Lipinski definition) is 0. The van der Waals surface area contributed by atoms with Crippen LogP contribution >= 0.6 is 0 Å². The molecule has 0 fully saturated rings. The van der Waals surface area contributed by atoms with Crippen LogP contribution in [0.2, 0.25) is 0 Å². The van der Waals surface area contributed by atoms with E-state index in [2.05, 4.69) is 90.3 Å². The lowest BCUT2D eigenvalue weighted by molar-refractivity contribution is -0.520. The lowest BCUT2D eigenvalue weighted by Gasteiger charge is -2.08. The van der Waals surface area contributed by atoms with Crippen molar-refractivity contribution < 1.29 is 4.58 Å². The molecule has 2 nitrogen and oxygen atoms in total. The number of rotatable bonds is 7. The van der Waals surface area contributed by atoms with Gasteiger partial charge in [-0.2, -0.15) is 0 Å². The largest absolute Gasteiger partial charge is 0.309 e. The van der Waals surface area contributed by atoms with E-state index in [0.29, 0.717) is 0 Å². The third-order valence-corrected chi connectivity index (χ3v) is 4.74. The number of benzene rings is 2. The Labute approximate surface area is 152 Å². The van der Waals surface area contributed by atoms with Crippen molar-refractivity contribution in [2.75, 3.05) is 33.7 Å². The first-order chi connectivity index (χ1) is 12.2. The summed E-state index contributed by atoms with van der Waals surface area (Å²) < 4.78 is 2.58. The van der Waals surface area contributed by atoms with E-state index < -0.39 is 0 Å². The van der Waals surface area contributed by atoms with Crippen LogP contribution in [0.4, 0.5) is 0 Å². The van der Waals surface area contributed by atoms with Crippen LogP contribution in [0, 0.1) is 0 Å². The molecule has 0 amide bonds. The molecule has 0 N–H and O–H groups in total. The Kier molecular flexibility index (Phi) is 6.19. The predicted octanol–water partition coefficient (Wildman–Crippen LogP) is 4.32. The molecule has 0 radical (unpaired) electrons. The highest BCUT2D eigenvalue weighted by molar-refractivity contribution is 6.12. The summed E-state index contributed by atoms with van der Waals surface area (Å²) >= 11 is 0. The summed E-state index contributed by atoms with van der Waals surface area (Å²) in [4.78, 5) is 2.27. The summed E-state index contributed by atoms with van der Waals surface area (Å²) in [5.74, 6) is 0. The monoisotopic (exact) mass is 333 g/mol. The van der Waals surface area contributed by atoms with E-state index in [1.807, 2.05) is 0 Å². The zero-order valence-corrected chi connectivity index (χ0v) is 15.5. The molecular formula is C23H29N2+. The molecule has 2 aromatic carbocycles. The van der Waals surface area contributed by atoms with Crippen LogP contribution in [0.25, 0.3) is 6.08 Å². The first-order valence-corrected chi connectivity index (χ1v) is 9.32. The molecule has 0 atom stereocenters. The molecule has 0 saturated carbocycles. The van der Waals surface area contributed by atoms with E-state index in [4.69, 9.17) is 0 Å². The van der Waals surface area contributed by atoms with Gasteiger partial charge in [0, 0.05) is 24.0 Å². The number of nitrogens with zero attached hydrogens (tertiary/aromatic N) is 2. The van der Waals surface area contributed by atoms with Gasteiger partial charge in [-0.05, 0) is 50.8 Å². The van der Waals surface area contributed by atoms with E-state index in [9.17, 15) is 0 Å². The summed E-state index contributed by atoms with van der Waals surface area (Å²) in [6.45, 7) is 3.44. The second-order valence-electron chi connectivity index (χ2n) is 7.04. The summed E-state index contributed by atoms with van der Waals surface area (Å²) in [7, 11) is 4.30. The first kappa shape index (κ1) is 17.6. The molecule has 3 rings (SSSR count). The lowest BCUT2D eigenvalue weighted by atomic mass is 10.00. The van der Waals surface area contributed by atoms with Crippen LogP contribution < -0.4 is 0 Å². The van der Waals surface area contributed by atoms with Crippen molar-refractivity contribution in [2.24, 2.45) is 0 Å². The average Bonchev–Trinajstić information content (AvgIpc) is 3.02. The first-order valence-electron chi connectivity index (χ1n) is 9.32. The summed E-state index contributed by atoms with van der Waals surface area (Å²) in [6.07, 6.45) is 5.99. The van der Waals surface area contributed by atoms with Crippen LogP contribution in [0.3, 0.4) is 0 Å². The van der Waals surface area contributed by atoms with Gasteiger partial charge in [-0.1, -0.05) is 48.5 Å². The van der Waals surface area contributed by atoms with Gasteiger partial charge in [0.05, 0.1) is 0 Å². The fourth-order valence-electron chi connectivity index (χ4n) is 3.50. The smallest absolute Gasteiger partial charge is 0.210 e. The summed E-state index contributed by atoms with van der Waals surface area (Å²) in [5, 5.41) is 0. The van der Waals surface area contributed by atoms with Crippen molar-refractivity contribution in [3.63, 3.8) is 0 Å². The van der Waals surface area contributed by atoms with Crippen molar-refractivity contribution in [1.82, 2.24) is 4.90 Å². The maximum Gasteiger partial charge on any atom is 0.210 e. The quantitative estimate of drug-likeness (QED) is 0.540. The van der Waals surface area contributed by atoms with E-state index >= 15 is 0 Å². The maximum absolute atomic E-state index is 2.58. The topological polar surface area (TPSA) is 6.25 Å². The second kappa shape index (κ2) is 8.77. The van der Waals surface area contributed by atoms with Gasteiger partial charge in [-0.25, -0.2) is 4.58 Å². The molecule has 0 spiro atoms. The van der Waals surface area contributed by atoms with E-state index in [1.165, 1.54) is 41.8 Å². The second-order valence-corrected chi connectivity index (χ2v) is 7.04. The van der Waals surface area contributed by atoms with Crippen LogP contribution in [0.15, 0.2) is 66.2 Å². The Morgan fingerprint density at radius 2 is 1.60 bits per heavy atom. The Balaban J connectivity index is 1.85. The van der Waals surface area contributed by atoms with Gasteiger partial charge in [0.2, 0.25) is 5.71 Å². The predicted molar refractivity (Wildman–Crippen MR) is 107 cm³/mol. The molecule has 1 aliphatic rings. The molecule has 1 aliphatic heterocycles. The van der Waals surface area contributed by atoms with E-state index in [0.717, 1.165) is 19.5 Å². The zero-order chi connectivity index (χ0) is 17.5. The molecule has 0 saturated heterocycles. The molecular weight excluding hydrogens is 304 g/mol. The SMILES string of the molecule is CN(C)CCCC[N+]1=C(c2ccccc2)/C(=C/c2ccccc2)CC1. The van der Waals surface area contributed by atoms with Crippen LogP contribution in [-0.2, 0) is 0 Å². The van der Waals surface area contributed by atoms with Crippen LogP contribution in [0.1, 0.15) is 30.4 Å². The standard InChI is InChI=1S/C23H29N2/c1-24(2)16-9-10-17-25-18-15-22(19-20-11-5-3-6-12-20)23(25)21-13-7-4-8-14-21/h3-8,11-14,19H,9-10,15-18H2,1-2H3/q+1/b22-19+. The molecule has 0 unspecified atom stereocenters. The minimum absolute atomic E-state index is 1.13. The van der Waals surface area contributed by atoms with Crippen LogP contribution in [-0.4, -0.2) is 48.9 Å². The molecule has 2 aromatic rings. The van der Waals surface area contributed by atoms with Gasteiger partial charge >= 0.3 is 0 Å². The van der Waals surface area contributed by atoms with Gasteiger partial charge < -0.3 is 4.90 Å². The van der Waals surface area contributed by atoms with Gasteiger partial charge in [0.15, 0.2) is 0 Å². The van der Waals surface area contributed by atoms with Crippen molar-refractivity contribution in [2.45, 2.75) is 19.3 Å². The lowest BCUT2D eigenvalue weighted by Crippen LogP contribution is -2.20. The minimum atomic E-state index is 1.13. The fraction of sp³-hybridized carbons (Fsp3) is 0.348. The van der Waals surface area contributed by atoms with Crippen molar-refractivity contribution in [3.8, 4) is 0 Å². The molecule has 1 heterocycles. The van der Waals surface area contributed by atoms with E-state index in [1.54, 1.807) is 0 Å². The Morgan fingerprint density at radius 3 is 2.28 bits per heavy atom. The highest BCUT2D eigenvalue weighted by atomic mass is 15.1. The van der Waals surface area contributed by atoms with Crippen LogP contribution in [0.5, 0.6) is 0 Å². The highest BCUT2D eigenvalue weighted by Gasteiger charge is 2.28. The Hall–Kier alpha value is -2.19. The summed E-state index contributed by atoms with van der Waals surface area (Å²) in [6, 6.07) is 21.6. The normalized spacial score (nSPS) is 16.2. The Bertz CT molecular complexity index is 727. The molecule has 0 aromatic heterocycles. The van der Waals surface area contributed by atoms with Crippen molar-refractivity contribution in [1.29, 1.82) is 0 Å². The molecule has 130 valence electrons. The van der Waals surface area contributed by atoms with E-state index in [-0.39, 0.29) is 0 Å². The number of unbranched alkanes of at least 4 members (excludes halogenated alkanes) is 1. The fourth-order valence-corrected chi connectivity index (χ4v) is 3.50. The third kappa shape index (κ3) is 4.90. The van der Waals surface area contributed by atoms with Gasteiger partial charge in [-0.15, -0.1) is 0 Å². The maximum atomic E-state index is 2.58. The molecule has 0 bridgehead atoms. The zero-order valence-electron chi connectivity index (χ0n) is 15.5. The molecule has 2 heteroatoms. The third-order valence-electron chi connectivity index (χ3n) is 4.74. The Morgan fingerprint density at radius 1 is 0.920 bits per heavy atom. The summed E-state index contributed by atoms with van der Waals surface area (Å²) in [5.41, 5.74) is 5.52. The van der Waals surface area contributed by atoms with Crippen molar-refractivity contribution >= 4 is 11.8 Å². The van der Waals surface area contributed by atoms with Gasteiger partial charge in [-0.3, -0.25) is 0 Å². The van der Waals surface area contributed by atoms with Gasteiger partial charge in [0.1, 0.15) is 13.1 Å². The van der Waals surface area contributed by atoms with Crippen molar-refractivity contribution in [3.05, 3.63) is 77.4 Å². The molecule has 25 heavy (non-hydrogen) atoms. The highest BCUT2D eigenvalue weighted by Crippen LogP contribution is 2.22. The number of hydrogen-bond acceptors (Lipinski definition) is 1. The van der Waals surface area contributed by atoms with Gasteiger partial charge in [0.25, 0.3) is 0 Å². The molecule has 0 aliphatic carbocycles.